The summed E-state index contributed by atoms with van der Waals surface area (Å²) in [7, 11) is 1.67. The predicted octanol–water partition coefficient (Wildman–Crippen LogP) is 5.50. The zero-order valence-electron chi connectivity index (χ0n) is 16.1. The number of hydrogen-bond acceptors (Lipinski definition) is 3. The van der Waals surface area contributed by atoms with Gasteiger partial charge in [-0.25, -0.2) is 9.97 Å². The lowest BCUT2D eigenvalue weighted by molar-refractivity contribution is 0.415. The quantitative estimate of drug-likeness (QED) is 0.484. The van der Waals surface area contributed by atoms with Gasteiger partial charge < -0.3 is 4.74 Å². The first kappa shape index (κ1) is 17.3. The van der Waals surface area contributed by atoms with E-state index < -0.39 is 0 Å². The maximum Gasteiger partial charge on any atom is 0.235 e. The molecule has 0 fully saturated rings. The number of hydrogen-bond donors (Lipinski definition) is 0. The Kier molecular flexibility index (Phi) is 4.40. The number of rotatable bonds is 4. The van der Waals surface area contributed by atoms with Crippen LogP contribution in [-0.4, -0.2) is 21.5 Å². The largest absolute Gasteiger partial charge is 0.497 e. The molecular weight excluding hydrogens is 334 g/mol. The highest BCUT2D eigenvalue weighted by Crippen LogP contribution is 2.33. The lowest BCUT2D eigenvalue weighted by Crippen LogP contribution is -1.93. The minimum atomic E-state index is 0.506. The van der Waals surface area contributed by atoms with Crippen molar-refractivity contribution in [3.63, 3.8) is 0 Å². The highest BCUT2D eigenvalue weighted by molar-refractivity contribution is 5.81. The van der Waals surface area contributed by atoms with E-state index >= 15 is 0 Å². The lowest BCUT2D eigenvalue weighted by atomic mass is 9.99. The lowest BCUT2D eigenvalue weighted by Gasteiger charge is -2.09. The zero-order chi connectivity index (χ0) is 19.0. The second kappa shape index (κ2) is 6.88. The summed E-state index contributed by atoms with van der Waals surface area (Å²) in [5, 5.41) is 0. The van der Waals surface area contributed by atoms with E-state index in [1.807, 2.05) is 43.5 Å². The van der Waals surface area contributed by atoms with E-state index in [9.17, 15) is 0 Å². The average Bonchev–Trinajstić information content (AvgIpc) is 3.06. The first-order chi connectivity index (χ1) is 13.1. The van der Waals surface area contributed by atoms with Crippen molar-refractivity contribution in [2.45, 2.75) is 26.7 Å². The van der Waals surface area contributed by atoms with Crippen LogP contribution in [-0.2, 0) is 0 Å². The van der Waals surface area contributed by atoms with Crippen LogP contribution in [0.25, 0.3) is 28.3 Å². The Morgan fingerprint density at radius 2 is 1.52 bits per heavy atom. The number of nitrogens with zero attached hydrogens (tertiary/aromatic N) is 3. The van der Waals surface area contributed by atoms with Gasteiger partial charge >= 0.3 is 0 Å². The molecule has 4 aromatic rings. The third-order valence-corrected chi connectivity index (χ3v) is 4.85. The molecule has 0 spiro atoms. The maximum atomic E-state index is 5.29. The molecule has 0 aliphatic heterocycles. The summed E-state index contributed by atoms with van der Waals surface area (Å²) in [5.41, 5.74) is 6.43. The minimum absolute atomic E-state index is 0.506. The molecule has 0 bridgehead atoms. The van der Waals surface area contributed by atoms with Gasteiger partial charge in [0.05, 0.1) is 18.5 Å². The van der Waals surface area contributed by atoms with Crippen LogP contribution in [0.2, 0.25) is 0 Å². The highest BCUT2D eigenvalue weighted by Gasteiger charge is 2.17. The first-order valence-electron chi connectivity index (χ1n) is 9.17. The summed E-state index contributed by atoms with van der Waals surface area (Å²) in [6.45, 7) is 6.40. The van der Waals surface area contributed by atoms with E-state index in [1.165, 1.54) is 5.56 Å². The molecule has 0 aliphatic carbocycles. The van der Waals surface area contributed by atoms with Crippen molar-refractivity contribution in [1.29, 1.82) is 0 Å². The molecule has 27 heavy (non-hydrogen) atoms. The van der Waals surface area contributed by atoms with E-state index in [4.69, 9.17) is 9.72 Å². The number of methoxy groups -OCH3 is 1. The van der Waals surface area contributed by atoms with Crippen LogP contribution in [0.3, 0.4) is 0 Å². The van der Waals surface area contributed by atoms with Crippen molar-refractivity contribution in [2.24, 2.45) is 0 Å². The van der Waals surface area contributed by atoms with Crippen molar-refractivity contribution in [1.82, 2.24) is 14.4 Å². The van der Waals surface area contributed by atoms with Gasteiger partial charge in [0.2, 0.25) is 5.78 Å². The topological polar surface area (TPSA) is 39.4 Å². The molecule has 4 nitrogen and oxygen atoms in total. The SMILES string of the molecule is COc1ccc(-c2nc3nc(C)ccn3c2-c2ccc(C(C)C)cc2)cc1. The third-order valence-electron chi connectivity index (χ3n) is 4.85. The van der Waals surface area contributed by atoms with Gasteiger partial charge in [-0.2, -0.15) is 0 Å². The van der Waals surface area contributed by atoms with E-state index in [0.29, 0.717) is 11.7 Å². The van der Waals surface area contributed by atoms with Crippen LogP contribution in [0.15, 0.2) is 60.8 Å². The molecule has 136 valence electrons. The molecule has 0 amide bonds. The van der Waals surface area contributed by atoms with E-state index in [-0.39, 0.29) is 0 Å². The first-order valence-corrected chi connectivity index (χ1v) is 9.17. The van der Waals surface area contributed by atoms with Crippen LogP contribution >= 0.6 is 0 Å². The fourth-order valence-electron chi connectivity index (χ4n) is 3.27. The van der Waals surface area contributed by atoms with Crippen molar-refractivity contribution >= 4 is 5.78 Å². The summed E-state index contributed by atoms with van der Waals surface area (Å²) in [4.78, 5) is 9.46. The van der Waals surface area contributed by atoms with Crippen molar-refractivity contribution in [3.05, 3.63) is 72.1 Å². The zero-order valence-corrected chi connectivity index (χ0v) is 16.1. The van der Waals surface area contributed by atoms with Gasteiger partial charge in [-0.3, -0.25) is 4.40 Å². The van der Waals surface area contributed by atoms with Gasteiger partial charge in [0, 0.05) is 23.0 Å². The Morgan fingerprint density at radius 3 is 2.15 bits per heavy atom. The van der Waals surface area contributed by atoms with Crippen molar-refractivity contribution < 1.29 is 4.74 Å². The normalized spacial score (nSPS) is 11.3. The van der Waals surface area contributed by atoms with E-state index in [0.717, 1.165) is 34.0 Å². The number of aryl methyl sites for hydroxylation is 1. The molecular formula is C23H23N3O. The maximum absolute atomic E-state index is 5.29. The van der Waals surface area contributed by atoms with Gasteiger partial charge in [-0.05, 0) is 48.7 Å². The van der Waals surface area contributed by atoms with E-state index in [2.05, 4.69) is 47.5 Å². The van der Waals surface area contributed by atoms with Gasteiger partial charge in [-0.15, -0.1) is 0 Å². The van der Waals surface area contributed by atoms with Gasteiger partial charge in [0.25, 0.3) is 0 Å². The molecule has 0 saturated carbocycles. The number of benzene rings is 2. The molecule has 0 aliphatic rings. The Morgan fingerprint density at radius 1 is 0.852 bits per heavy atom. The predicted molar refractivity (Wildman–Crippen MR) is 109 cm³/mol. The smallest absolute Gasteiger partial charge is 0.235 e. The Balaban J connectivity index is 1.93. The number of fused-ring (bicyclic) bond motifs is 1. The van der Waals surface area contributed by atoms with Gasteiger partial charge in [0.1, 0.15) is 5.75 Å². The van der Waals surface area contributed by atoms with Crippen molar-refractivity contribution in [3.8, 4) is 28.3 Å². The average molecular weight is 357 g/mol. The molecule has 4 heteroatoms. The fraction of sp³-hybridized carbons (Fsp3) is 0.217. The number of imidazole rings is 1. The summed E-state index contributed by atoms with van der Waals surface area (Å²) >= 11 is 0. The third kappa shape index (κ3) is 3.19. The number of aromatic nitrogens is 3. The van der Waals surface area contributed by atoms with Crippen LogP contribution < -0.4 is 4.74 Å². The molecule has 0 unspecified atom stereocenters. The van der Waals surface area contributed by atoms with Crippen LogP contribution in [0, 0.1) is 6.92 Å². The molecule has 0 N–H and O–H groups in total. The molecule has 2 aromatic carbocycles. The second-order valence-corrected chi connectivity index (χ2v) is 7.05. The van der Waals surface area contributed by atoms with Crippen molar-refractivity contribution in [2.75, 3.05) is 7.11 Å². The fourth-order valence-corrected chi connectivity index (χ4v) is 3.27. The summed E-state index contributed by atoms with van der Waals surface area (Å²) in [6, 6.07) is 18.7. The number of ether oxygens (including phenoxy) is 1. The highest BCUT2D eigenvalue weighted by atomic mass is 16.5. The van der Waals surface area contributed by atoms with Crippen LogP contribution in [0.5, 0.6) is 5.75 Å². The molecule has 2 aromatic heterocycles. The molecule has 2 heterocycles. The van der Waals surface area contributed by atoms with E-state index in [1.54, 1.807) is 7.11 Å². The molecule has 0 radical (unpaired) electrons. The Bertz CT molecular complexity index is 1080. The minimum Gasteiger partial charge on any atom is -0.497 e. The Hall–Kier alpha value is -3.14. The second-order valence-electron chi connectivity index (χ2n) is 7.05. The van der Waals surface area contributed by atoms with Crippen LogP contribution in [0.1, 0.15) is 31.0 Å². The van der Waals surface area contributed by atoms with Gasteiger partial charge in [0.15, 0.2) is 0 Å². The summed E-state index contributed by atoms with van der Waals surface area (Å²) in [6.07, 6.45) is 2.05. The molecule has 0 atom stereocenters. The summed E-state index contributed by atoms with van der Waals surface area (Å²) < 4.78 is 7.36. The summed E-state index contributed by atoms with van der Waals surface area (Å²) in [5.74, 6) is 2.05. The molecule has 4 rings (SSSR count). The monoisotopic (exact) mass is 357 g/mol. The van der Waals surface area contributed by atoms with Gasteiger partial charge in [-0.1, -0.05) is 38.1 Å². The van der Waals surface area contributed by atoms with Crippen LogP contribution in [0.4, 0.5) is 0 Å². The Labute approximate surface area is 159 Å². The standard InChI is InChI=1S/C23H23N3O/c1-15(2)17-5-7-19(8-6-17)22-21(18-9-11-20(27-4)12-10-18)25-23-24-16(3)13-14-26(22)23/h5-15H,1-4H3. The molecule has 0 saturated heterocycles.